The lowest BCUT2D eigenvalue weighted by Gasteiger charge is -2.14. The summed E-state index contributed by atoms with van der Waals surface area (Å²) in [4.78, 5) is 12.7. The summed E-state index contributed by atoms with van der Waals surface area (Å²) < 4.78 is 17.2. The topological polar surface area (TPSA) is 51.9 Å². The summed E-state index contributed by atoms with van der Waals surface area (Å²) in [6.45, 7) is 11.3. The number of hydrogen-bond acceptors (Lipinski definition) is 2. The fraction of sp³-hybridized carbons (Fsp3) is 0.364. The smallest absolute Gasteiger partial charge is 0.253 e. The molecule has 1 atom stereocenters. The molecule has 3 aromatic rings. The van der Waals surface area contributed by atoms with Crippen molar-refractivity contribution < 1.29 is 9.18 Å². The second-order valence-electron chi connectivity index (χ2n) is 7.52. The van der Waals surface area contributed by atoms with Gasteiger partial charge in [-0.05, 0) is 70.0 Å². The van der Waals surface area contributed by atoms with Crippen molar-refractivity contribution in [2.45, 2.75) is 41.2 Å². The molecule has 6 heteroatoms. The van der Waals surface area contributed by atoms with Gasteiger partial charge < -0.3 is 9.88 Å². The van der Waals surface area contributed by atoms with Gasteiger partial charge in [-0.1, -0.05) is 6.92 Å². The van der Waals surface area contributed by atoms with Gasteiger partial charge in [-0.25, -0.2) is 4.39 Å². The SMILES string of the molecule is Cc1cc(C)n(CC(C)CNC(=O)c2cc(C)n(-c3ccc(F)cc3)c2C)n1. The molecule has 0 aliphatic rings. The minimum Gasteiger partial charge on any atom is -0.352 e. The van der Waals surface area contributed by atoms with Crippen molar-refractivity contribution in [3.05, 3.63) is 70.6 Å². The molecule has 0 fully saturated rings. The Morgan fingerprint density at radius 2 is 1.79 bits per heavy atom. The first kappa shape index (κ1) is 19.9. The van der Waals surface area contributed by atoms with E-state index in [1.54, 1.807) is 12.1 Å². The number of hydrogen-bond donors (Lipinski definition) is 1. The zero-order valence-electron chi connectivity index (χ0n) is 17.1. The molecule has 2 heterocycles. The third-order valence-electron chi connectivity index (χ3n) is 4.96. The zero-order chi connectivity index (χ0) is 20.4. The van der Waals surface area contributed by atoms with E-state index in [-0.39, 0.29) is 17.6 Å². The highest BCUT2D eigenvalue weighted by Gasteiger charge is 2.17. The van der Waals surface area contributed by atoms with Crippen LogP contribution in [0.1, 0.15) is 40.1 Å². The summed E-state index contributed by atoms with van der Waals surface area (Å²) >= 11 is 0. The highest BCUT2D eigenvalue weighted by Crippen LogP contribution is 2.21. The number of nitrogens with one attached hydrogen (secondary N) is 1. The standard InChI is InChI=1S/C22H27FN4O/c1-14(13-26-16(3)10-15(2)25-26)12-24-22(28)21-11-17(4)27(18(21)5)20-8-6-19(23)7-9-20/h6-11,14H,12-13H2,1-5H3,(H,24,28). The van der Waals surface area contributed by atoms with Crippen LogP contribution in [0.4, 0.5) is 4.39 Å². The molecule has 3 rings (SSSR count). The maximum Gasteiger partial charge on any atom is 0.253 e. The molecule has 28 heavy (non-hydrogen) atoms. The van der Waals surface area contributed by atoms with E-state index >= 15 is 0 Å². The molecule has 0 aliphatic heterocycles. The number of aryl methyl sites for hydroxylation is 3. The van der Waals surface area contributed by atoms with Crippen molar-refractivity contribution >= 4 is 5.91 Å². The summed E-state index contributed by atoms with van der Waals surface area (Å²) in [5, 5.41) is 7.51. The Morgan fingerprint density at radius 1 is 1.11 bits per heavy atom. The summed E-state index contributed by atoms with van der Waals surface area (Å²) in [6, 6.07) is 10.2. The van der Waals surface area contributed by atoms with Crippen LogP contribution in [0, 0.1) is 39.4 Å². The van der Waals surface area contributed by atoms with Crippen LogP contribution in [0.25, 0.3) is 5.69 Å². The van der Waals surface area contributed by atoms with Crippen LogP contribution in [0.5, 0.6) is 0 Å². The Morgan fingerprint density at radius 3 is 2.39 bits per heavy atom. The largest absolute Gasteiger partial charge is 0.352 e. The van der Waals surface area contributed by atoms with Crippen LogP contribution in [-0.2, 0) is 6.54 Å². The molecule has 0 bridgehead atoms. The maximum absolute atomic E-state index is 13.2. The minimum atomic E-state index is -0.277. The van der Waals surface area contributed by atoms with E-state index in [0.717, 1.165) is 35.0 Å². The Labute approximate surface area is 165 Å². The first-order valence-electron chi connectivity index (χ1n) is 9.50. The van der Waals surface area contributed by atoms with Crippen molar-refractivity contribution in [3.63, 3.8) is 0 Å². The van der Waals surface area contributed by atoms with Gasteiger partial charge in [0.2, 0.25) is 0 Å². The molecule has 2 aromatic heterocycles. The van der Waals surface area contributed by atoms with Gasteiger partial charge in [0.05, 0.1) is 11.3 Å². The molecule has 5 nitrogen and oxygen atoms in total. The summed E-state index contributed by atoms with van der Waals surface area (Å²) in [5.41, 5.74) is 5.38. The van der Waals surface area contributed by atoms with Crippen LogP contribution in [0.3, 0.4) is 0 Å². The molecular weight excluding hydrogens is 355 g/mol. The van der Waals surface area contributed by atoms with Gasteiger partial charge in [-0.2, -0.15) is 5.10 Å². The number of rotatable bonds is 6. The fourth-order valence-corrected chi connectivity index (χ4v) is 3.56. The summed E-state index contributed by atoms with van der Waals surface area (Å²) in [5.74, 6) is -0.120. The number of halogens is 1. The number of nitrogens with zero attached hydrogens (tertiary/aromatic N) is 3. The van der Waals surface area contributed by atoms with Crippen molar-refractivity contribution in [3.8, 4) is 5.69 Å². The molecule has 0 saturated heterocycles. The zero-order valence-corrected chi connectivity index (χ0v) is 17.1. The maximum atomic E-state index is 13.2. The van der Waals surface area contributed by atoms with Gasteiger partial charge in [0.15, 0.2) is 0 Å². The highest BCUT2D eigenvalue weighted by molar-refractivity contribution is 5.95. The molecule has 1 unspecified atom stereocenters. The van der Waals surface area contributed by atoms with E-state index in [0.29, 0.717) is 12.1 Å². The number of carbonyl (C=O) groups excluding carboxylic acids is 1. The van der Waals surface area contributed by atoms with Crippen LogP contribution in [0.2, 0.25) is 0 Å². The van der Waals surface area contributed by atoms with E-state index in [4.69, 9.17) is 0 Å². The summed E-state index contributed by atoms with van der Waals surface area (Å²) in [6.07, 6.45) is 0. The van der Waals surface area contributed by atoms with E-state index in [1.165, 1.54) is 12.1 Å². The van der Waals surface area contributed by atoms with E-state index in [1.807, 2.05) is 43.0 Å². The predicted molar refractivity (Wildman–Crippen MR) is 108 cm³/mol. The van der Waals surface area contributed by atoms with Gasteiger partial charge in [-0.15, -0.1) is 0 Å². The second-order valence-corrected chi connectivity index (χ2v) is 7.52. The molecular formula is C22H27FN4O. The van der Waals surface area contributed by atoms with Gasteiger partial charge in [0.25, 0.3) is 5.91 Å². The Bertz CT molecular complexity index is 985. The lowest BCUT2D eigenvalue weighted by molar-refractivity contribution is 0.0946. The molecule has 0 aliphatic carbocycles. The number of aromatic nitrogens is 3. The minimum absolute atomic E-state index is 0.0957. The average molecular weight is 382 g/mol. The molecule has 0 radical (unpaired) electrons. The van der Waals surface area contributed by atoms with Crippen LogP contribution in [0.15, 0.2) is 36.4 Å². The van der Waals surface area contributed by atoms with Gasteiger partial charge in [-0.3, -0.25) is 9.48 Å². The Kier molecular flexibility index (Phi) is 5.68. The van der Waals surface area contributed by atoms with Crippen LogP contribution >= 0.6 is 0 Å². The monoisotopic (exact) mass is 382 g/mol. The Hall–Kier alpha value is -2.89. The van der Waals surface area contributed by atoms with Crippen LogP contribution < -0.4 is 5.32 Å². The molecule has 148 valence electrons. The van der Waals surface area contributed by atoms with Crippen molar-refractivity contribution in [1.29, 1.82) is 0 Å². The van der Waals surface area contributed by atoms with Crippen molar-refractivity contribution in [1.82, 2.24) is 19.7 Å². The summed E-state index contributed by atoms with van der Waals surface area (Å²) in [7, 11) is 0. The lowest BCUT2D eigenvalue weighted by atomic mass is 10.1. The van der Waals surface area contributed by atoms with Gasteiger partial charge >= 0.3 is 0 Å². The second kappa shape index (κ2) is 8.00. The Balaban J connectivity index is 1.68. The molecule has 0 saturated carbocycles. The molecule has 1 N–H and O–H groups in total. The molecule has 0 spiro atoms. The van der Waals surface area contributed by atoms with E-state index in [9.17, 15) is 9.18 Å². The normalized spacial score (nSPS) is 12.2. The van der Waals surface area contributed by atoms with Gasteiger partial charge in [0, 0.05) is 35.9 Å². The third-order valence-corrected chi connectivity index (χ3v) is 4.96. The van der Waals surface area contributed by atoms with Gasteiger partial charge in [0.1, 0.15) is 5.82 Å². The van der Waals surface area contributed by atoms with Crippen LogP contribution in [-0.4, -0.2) is 26.8 Å². The number of carbonyl (C=O) groups is 1. The van der Waals surface area contributed by atoms with Crippen molar-refractivity contribution in [2.75, 3.05) is 6.54 Å². The third kappa shape index (κ3) is 4.16. The lowest BCUT2D eigenvalue weighted by Crippen LogP contribution is -2.30. The quantitative estimate of drug-likeness (QED) is 0.697. The van der Waals surface area contributed by atoms with E-state index in [2.05, 4.69) is 23.4 Å². The molecule has 1 amide bonds. The number of amides is 1. The fourth-order valence-electron chi connectivity index (χ4n) is 3.56. The first-order valence-corrected chi connectivity index (χ1v) is 9.50. The van der Waals surface area contributed by atoms with Crippen molar-refractivity contribution in [2.24, 2.45) is 5.92 Å². The highest BCUT2D eigenvalue weighted by atomic mass is 19.1. The first-order chi connectivity index (χ1) is 13.3. The predicted octanol–water partition coefficient (Wildman–Crippen LogP) is 4.11. The van der Waals surface area contributed by atoms with E-state index < -0.39 is 0 Å². The number of benzene rings is 1. The molecule has 1 aromatic carbocycles. The average Bonchev–Trinajstić information content (AvgIpc) is 3.11.